The number of carbonyl (C=O) groups is 1. The molecule has 0 radical (unpaired) electrons. The van der Waals surface area contributed by atoms with Crippen molar-refractivity contribution in [3.63, 3.8) is 0 Å². The Morgan fingerprint density at radius 2 is 1.78 bits per heavy atom. The number of hydrogen-bond donors (Lipinski definition) is 1. The highest BCUT2D eigenvalue weighted by atomic mass is 32.2. The van der Waals surface area contributed by atoms with Crippen molar-refractivity contribution in [2.45, 2.75) is 100 Å². The van der Waals surface area contributed by atoms with Crippen molar-refractivity contribution < 1.29 is 27.1 Å². The molecule has 0 spiro atoms. The molecular formula is C26H33FN4O5S. The van der Waals surface area contributed by atoms with E-state index < -0.39 is 26.5 Å². The number of halogens is 1. The third kappa shape index (κ3) is 5.37. The van der Waals surface area contributed by atoms with E-state index in [0.717, 1.165) is 18.9 Å². The maximum atomic E-state index is 14.8. The maximum absolute atomic E-state index is 14.8. The summed E-state index contributed by atoms with van der Waals surface area (Å²) in [4.78, 5) is 23.1. The van der Waals surface area contributed by atoms with Crippen molar-refractivity contribution in [1.29, 1.82) is 0 Å². The lowest BCUT2D eigenvalue weighted by molar-refractivity contribution is -0.00770. The number of hydrogen-bond acceptors (Lipinski definition) is 8. The van der Waals surface area contributed by atoms with Crippen molar-refractivity contribution in [2.75, 3.05) is 5.32 Å². The van der Waals surface area contributed by atoms with E-state index in [0.29, 0.717) is 42.9 Å². The number of carbonyl (C=O) groups excluding carboxylic acids is 1. The lowest BCUT2D eigenvalue weighted by Crippen LogP contribution is -2.50. The summed E-state index contributed by atoms with van der Waals surface area (Å²) < 4.78 is 51.5. The average molecular weight is 533 g/mol. The molecule has 1 aromatic heterocycles. The lowest BCUT2D eigenvalue weighted by Gasteiger charge is -2.39. The zero-order valence-corrected chi connectivity index (χ0v) is 22.3. The van der Waals surface area contributed by atoms with E-state index in [2.05, 4.69) is 15.3 Å². The minimum atomic E-state index is -3.48. The molecule has 2 aliphatic heterocycles. The largest absolute Gasteiger partial charge is 0.474 e. The fraction of sp³-hybridized carbons (Fsp3) is 0.577. The molecule has 2 aromatic rings. The normalized spacial score (nSPS) is 23.6. The van der Waals surface area contributed by atoms with Crippen LogP contribution in [-0.2, 0) is 14.6 Å². The summed E-state index contributed by atoms with van der Waals surface area (Å²) in [5.41, 5.74) is 0.182. The predicted molar refractivity (Wildman–Crippen MR) is 135 cm³/mol. The summed E-state index contributed by atoms with van der Waals surface area (Å²) >= 11 is 0. The first-order chi connectivity index (χ1) is 17.4. The molecule has 1 N–H and O–H groups in total. The van der Waals surface area contributed by atoms with Gasteiger partial charge >= 0.3 is 6.09 Å². The van der Waals surface area contributed by atoms with Crippen LogP contribution in [0.3, 0.4) is 0 Å². The Balaban J connectivity index is 1.27. The predicted octanol–water partition coefficient (Wildman–Crippen LogP) is 4.91. The molecule has 1 aromatic carbocycles. The number of nitrogens with zero attached hydrogens (tertiary/aromatic N) is 3. The van der Waals surface area contributed by atoms with E-state index in [9.17, 15) is 17.6 Å². The summed E-state index contributed by atoms with van der Waals surface area (Å²) in [5, 5.41) is 2.54. The van der Waals surface area contributed by atoms with Gasteiger partial charge in [-0.2, -0.15) is 0 Å². The molecule has 1 saturated carbocycles. The fourth-order valence-corrected chi connectivity index (χ4v) is 6.81. The van der Waals surface area contributed by atoms with Crippen LogP contribution >= 0.6 is 0 Å². The molecule has 1 aliphatic carbocycles. The van der Waals surface area contributed by atoms with E-state index >= 15 is 0 Å². The molecule has 9 nitrogen and oxygen atoms in total. The van der Waals surface area contributed by atoms with E-state index in [4.69, 9.17) is 9.47 Å². The molecule has 11 heteroatoms. The van der Waals surface area contributed by atoms with Gasteiger partial charge in [0, 0.05) is 24.9 Å². The Labute approximate surface area is 216 Å². The Morgan fingerprint density at radius 1 is 1.11 bits per heavy atom. The standard InChI is InChI=1S/C26H33FN4O5S/c1-15-23(30-22-10-9-20(13-21(22)27)37(33,34)19-7-8-19)28-14-29-24(15)35-18-11-16-5-6-17(12-18)31(16)25(32)36-26(2,3)4/h9-10,13-14,16-19H,5-8,11-12H2,1-4H3,(H,28,29,30)/t16-,17?,18?/m0/s1. The molecule has 1 amide bonds. The Kier molecular flexibility index (Phi) is 6.54. The van der Waals surface area contributed by atoms with Crippen LogP contribution in [0.5, 0.6) is 5.88 Å². The zero-order chi connectivity index (χ0) is 26.5. The summed E-state index contributed by atoms with van der Waals surface area (Å²) in [7, 11) is -3.48. The molecule has 3 aliphatic rings. The van der Waals surface area contributed by atoms with Crippen LogP contribution in [0.1, 0.15) is 64.9 Å². The lowest BCUT2D eigenvalue weighted by atomic mass is 10.00. The number of benzene rings is 1. The molecule has 2 unspecified atom stereocenters. The number of fused-ring (bicyclic) bond motifs is 2. The van der Waals surface area contributed by atoms with Crippen LogP contribution in [0, 0.1) is 12.7 Å². The second kappa shape index (κ2) is 9.41. The molecule has 3 atom stereocenters. The first kappa shape index (κ1) is 25.7. The van der Waals surface area contributed by atoms with Gasteiger partial charge in [-0.1, -0.05) is 0 Å². The van der Waals surface area contributed by atoms with Crippen molar-refractivity contribution in [1.82, 2.24) is 14.9 Å². The summed E-state index contributed by atoms with van der Waals surface area (Å²) in [6.45, 7) is 7.37. The Hall–Kier alpha value is -2.95. The van der Waals surface area contributed by atoms with Crippen LogP contribution in [0.4, 0.5) is 20.7 Å². The van der Waals surface area contributed by atoms with Crippen molar-refractivity contribution in [3.05, 3.63) is 35.9 Å². The van der Waals surface area contributed by atoms with E-state index in [1.807, 2.05) is 25.7 Å². The number of amides is 1. The fourth-order valence-electron chi connectivity index (χ4n) is 5.15. The molecule has 200 valence electrons. The molecule has 2 saturated heterocycles. The third-order valence-corrected chi connectivity index (χ3v) is 9.36. The average Bonchev–Trinajstić information content (AvgIpc) is 3.62. The van der Waals surface area contributed by atoms with Gasteiger partial charge in [0.2, 0.25) is 5.88 Å². The molecule has 2 bridgehead atoms. The van der Waals surface area contributed by atoms with Crippen LogP contribution in [0.25, 0.3) is 0 Å². The Morgan fingerprint density at radius 3 is 2.38 bits per heavy atom. The number of sulfone groups is 1. The number of piperidine rings is 1. The SMILES string of the molecule is Cc1c(Nc2ccc(S(=O)(=O)C3CC3)cc2F)ncnc1OC1CC2CC[C@@H](C1)N2C(=O)OC(C)(C)C. The van der Waals surface area contributed by atoms with Gasteiger partial charge in [-0.05, 0) is 71.6 Å². The quantitative estimate of drug-likeness (QED) is 0.559. The van der Waals surface area contributed by atoms with Gasteiger partial charge in [0.25, 0.3) is 0 Å². The van der Waals surface area contributed by atoms with Crippen LogP contribution in [0.15, 0.2) is 29.4 Å². The van der Waals surface area contributed by atoms with Crippen molar-refractivity contribution >= 4 is 27.4 Å². The number of rotatable bonds is 6. The summed E-state index contributed by atoms with van der Waals surface area (Å²) in [6, 6.07) is 3.99. The number of anilines is 2. The number of nitrogens with one attached hydrogen (secondary N) is 1. The molecule has 3 heterocycles. The van der Waals surface area contributed by atoms with E-state index in [-0.39, 0.29) is 34.9 Å². The second-order valence-corrected chi connectivity index (χ2v) is 13.4. The summed E-state index contributed by atoms with van der Waals surface area (Å²) in [5.74, 6) is 0.0881. The van der Waals surface area contributed by atoms with Gasteiger partial charge in [-0.25, -0.2) is 27.6 Å². The highest BCUT2D eigenvalue weighted by molar-refractivity contribution is 7.92. The van der Waals surface area contributed by atoms with Gasteiger partial charge in [0.15, 0.2) is 9.84 Å². The van der Waals surface area contributed by atoms with E-state index in [1.165, 1.54) is 18.5 Å². The van der Waals surface area contributed by atoms with Gasteiger partial charge in [-0.3, -0.25) is 0 Å². The molecule has 5 rings (SSSR count). The zero-order valence-electron chi connectivity index (χ0n) is 21.5. The van der Waals surface area contributed by atoms with Gasteiger partial charge < -0.3 is 19.7 Å². The highest BCUT2D eigenvalue weighted by Gasteiger charge is 2.46. The highest BCUT2D eigenvalue weighted by Crippen LogP contribution is 2.39. The van der Waals surface area contributed by atoms with E-state index in [1.54, 1.807) is 6.92 Å². The second-order valence-electron chi connectivity index (χ2n) is 11.1. The molecule has 3 fully saturated rings. The summed E-state index contributed by atoms with van der Waals surface area (Å²) in [6.07, 6.45) is 5.35. The monoisotopic (exact) mass is 532 g/mol. The smallest absolute Gasteiger partial charge is 0.410 e. The van der Waals surface area contributed by atoms with Crippen LogP contribution in [0.2, 0.25) is 0 Å². The third-order valence-electron chi connectivity index (χ3n) is 7.10. The minimum absolute atomic E-state index is 0.00571. The molecule has 37 heavy (non-hydrogen) atoms. The van der Waals surface area contributed by atoms with Gasteiger partial charge in [0.1, 0.15) is 29.7 Å². The Bertz CT molecular complexity index is 1290. The van der Waals surface area contributed by atoms with Gasteiger partial charge in [0.05, 0.1) is 21.4 Å². The topological polar surface area (TPSA) is 111 Å². The minimum Gasteiger partial charge on any atom is -0.474 e. The molecular weight excluding hydrogens is 499 g/mol. The number of aromatic nitrogens is 2. The van der Waals surface area contributed by atoms with Gasteiger partial charge in [-0.15, -0.1) is 0 Å². The van der Waals surface area contributed by atoms with Crippen LogP contribution in [-0.4, -0.2) is 58.4 Å². The first-order valence-electron chi connectivity index (χ1n) is 12.7. The van der Waals surface area contributed by atoms with Crippen LogP contribution < -0.4 is 10.1 Å². The number of ether oxygens (including phenoxy) is 2. The van der Waals surface area contributed by atoms with Crippen molar-refractivity contribution in [2.24, 2.45) is 0 Å². The maximum Gasteiger partial charge on any atom is 0.410 e. The first-order valence-corrected chi connectivity index (χ1v) is 14.3. The van der Waals surface area contributed by atoms with Crippen molar-refractivity contribution in [3.8, 4) is 5.88 Å².